The molecule has 0 atom stereocenters. The van der Waals surface area contributed by atoms with Gasteiger partial charge in [0.25, 0.3) is 10.2 Å². The first-order valence-electron chi connectivity index (χ1n) is 5.25. The fourth-order valence-corrected chi connectivity index (χ4v) is 3.66. The van der Waals surface area contributed by atoms with Gasteiger partial charge in [0.2, 0.25) is 0 Å². The Bertz CT molecular complexity index is 606. The van der Waals surface area contributed by atoms with Crippen molar-refractivity contribution in [2.45, 2.75) is 0 Å². The Balaban J connectivity index is 3.05. The summed E-state index contributed by atoms with van der Waals surface area (Å²) in [5, 5.41) is 9.11. The molecular weight excluding hydrogens is 420 g/mol. The van der Waals surface area contributed by atoms with Crippen LogP contribution in [0.5, 0.6) is 0 Å². The number of rotatable bonds is 7. The van der Waals surface area contributed by atoms with E-state index >= 15 is 0 Å². The second-order valence-electron chi connectivity index (χ2n) is 3.61. The summed E-state index contributed by atoms with van der Waals surface area (Å²) in [6, 6.07) is 2.85. The van der Waals surface area contributed by atoms with Gasteiger partial charge in [0.15, 0.2) is 0 Å². The van der Waals surface area contributed by atoms with Crippen LogP contribution in [-0.4, -0.2) is 39.8 Å². The zero-order valence-corrected chi connectivity index (χ0v) is 14.3. The van der Waals surface area contributed by atoms with Crippen molar-refractivity contribution in [3.05, 3.63) is 26.6 Å². The molecule has 0 aromatic heterocycles. The van der Waals surface area contributed by atoms with Gasteiger partial charge in [-0.3, -0.25) is 4.72 Å². The molecule has 0 radical (unpaired) electrons. The van der Waals surface area contributed by atoms with Gasteiger partial charge < -0.3 is 9.84 Å². The van der Waals surface area contributed by atoms with Gasteiger partial charge in [0.05, 0.1) is 17.9 Å². The van der Waals surface area contributed by atoms with Gasteiger partial charge in [-0.25, -0.2) is 4.79 Å². The van der Waals surface area contributed by atoms with Crippen LogP contribution in [0.25, 0.3) is 0 Å². The summed E-state index contributed by atoms with van der Waals surface area (Å²) >= 11 is 6.27. The standard InChI is InChI=1S/C10H12Br2N2O5S/c1-19-3-2-13-20(17,18)14-9-7(10(15)16)4-6(11)5-8(9)12/h4-5,13-14H,2-3H2,1H3,(H,15,16). The van der Waals surface area contributed by atoms with Crippen LogP contribution in [0.4, 0.5) is 5.69 Å². The lowest BCUT2D eigenvalue weighted by molar-refractivity contribution is 0.0698. The molecule has 10 heteroatoms. The second kappa shape index (κ2) is 7.36. The van der Waals surface area contributed by atoms with Gasteiger partial charge in [0, 0.05) is 22.6 Å². The van der Waals surface area contributed by atoms with Crippen LogP contribution < -0.4 is 9.44 Å². The van der Waals surface area contributed by atoms with Crippen molar-refractivity contribution >= 4 is 53.7 Å². The van der Waals surface area contributed by atoms with E-state index in [0.29, 0.717) is 8.95 Å². The molecule has 1 rings (SSSR count). The highest BCUT2D eigenvalue weighted by molar-refractivity contribution is 9.11. The van der Waals surface area contributed by atoms with E-state index in [2.05, 4.69) is 41.3 Å². The van der Waals surface area contributed by atoms with E-state index in [0.717, 1.165) is 0 Å². The highest BCUT2D eigenvalue weighted by atomic mass is 79.9. The predicted octanol–water partition coefficient (Wildman–Crippen LogP) is 1.80. The molecule has 20 heavy (non-hydrogen) atoms. The Morgan fingerprint density at radius 1 is 1.40 bits per heavy atom. The molecule has 0 saturated heterocycles. The van der Waals surface area contributed by atoms with Gasteiger partial charge in [-0.05, 0) is 28.1 Å². The normalized spacial score (nSPS) is 11.3. The number of benzene rings is 1. The van der Waals surface area contributed by atoms with E-state index in [1.165, 1.54) is 13.2 Å². The molecule has 7 nitrogen and oxygen atoms in total. The van der Waals surface area contributed by atoms with Crippen molar-refractivity contribution in [1.29, 1.82) is 0 Å². The number of nitrogens with one attached hydrogen (secondary N) is 2. The number of hydrogen-bond donors (Lipinski definition) is 3. The molecule has 3 N–H and O–H groups in total. The number of methoxy groups -OCH3 is 1. The zero-order chi connectivity index (χ0) is 15.3. The van der Waals surface area contributed by atoms with Crippen LogP contribution in [-0.2, 0) is 14.9 Å². The highest BCUT2D eigenvalue weighted by Crippen LogP contribution is 2.31. The predicted molar refractivity (Wildman–Crippen MR) is 81.2 cm³/mol. The van der Waals surface area contributed by atoms with Gasteiger partial charge >= 0.3 is 5.97 Å². The summed E-state index contributed by atoms with van der Waals surface area (Å²) in [6.07, 6.45) is 0. The average molecular weight is 432 g/mol. The molecule has 0 aliphatic heterocycles. The number of ether oxygens (including phenoxy) is 1. The van der Waals surface area contributed by atoms with E-state index in [1.54, 1.807) is 6.07 Å². The second-order valence-corrected chi connectivity index (χ2v) is 6.88. The number of carbonyl (C=O) groups is 1. The van der Waals surface area contributed by atoms with Crippen LogP contribution in [0.3, 0.4) is 0 Å². The molecule has 0 spiro atoms. The van der Waals surface area contributed by atoms with Crippen molar-refractivity contribution in [3.63, 3.8) is 0 Å². The molecule has 0 bridgehead atoms. The van der Waals surface area contributed by atoms with Gasteiger partial charge in [-0.15, -0.1) is 0 Å². The van der Waals surface area contributed by atoms with E-state index < -0.39 is 16.2 Å². The minimum Gasteiger partial charge on any atom is -0.478 e. The smallest absolute Gasteiger partial charge is 0.337 e. The van der Waals surface area contributed by atoms with E-state index in [4.69, 9.17) is 9.84 Å². The van der Waals surface area contributed by atoms with Gasteiger partial charge in [0.1, 0.15) is 0 Å². The Labute approximate surface area is 133 Å². The first-order chi connectivity index (χ1) is 9.26. The van der Waals surface area contributed by atoms with Crippen molar-refractivity contribution in [2.75, 3.05) is 25.0 Å². The lowest BCUT2D eigenvalue weighted by Gasteiger charge is -2.13. The number of anilines is 1. The summed E-state index contributed by atoms with van der Waals surface area (Å²) in [7, 11) is -2.45. The number of carboxylic acid groups (broad SMARTS) is 1. The first kappa shape index (κ1) is 17.4. The van der Waals surface area contributed by atoms with Crippen LogP contribution >= 0.6 is 31.9 Å². The third kappa shape index (κ3) is 5.02. The molecule has 0 saturated carbocycles. The van der Waals surface area contributed by atoms with Crippen LogP contribution in [0.2, 0.25) is 0 Å². The summed E-state index contributed by atoms with van der Waals surface area (Å²) in [5.41, 5.74) is -0.228. The summed E-state index contributed by atoms with van der Waals surface area (Å²) < 4.78 is 33.5. The van der Waals surface area contributed by atoms with Crippen LogP contribution in [0.1, 0.15) is 10.4 Å². The molecule has 0 amide bonds. The maximum absolute atomic E-state index is 11.8. The molecule has 112 valence electrons. The fraction of sp³-hybridized carbons (Fsp3) is 0.300. The third-order valence-electron chi connectivity index (χ3n) is 2.12. The Morgan fingerprint density at radius 2 is 2.05 bits per heavy atom. The fourth-order valence-electron chi connectivity index (χ4n) is 1.29. The van der Waals surface area contributed by atoms with Gasteiger partial charge in [-0.2, -0.15) is 13.1 Å². The molecule has 0 unspecified atom stereocenters. The summed E-state index contributed by atoms with van der Waals surface area (Å²) in [4.78, 5) is 11.2. The van der Waals surface area contributed by atoms with Gasteiger partial charge in [-0.1, -0.05) is 15.9 Å². The number of hydrogen-bond acceptors (Lipinski definition) is 4. The molecule has 0 aliphatic rings. The van der Waals surface area contributed by atoms with Crippen LogP contribution in [0, 0.1) is 0 Å². The Hall–Kier alpha value is -0.680. The molecule has 1 aromatic rings. The zero-order valence-electron chi connectivity index (χ0n) is 10.3. The Morgan fingerprint density at radius 3 is 2.60 bits per heavy atom. The quantitative estimate of drug-likeness (QED) is 0.571. The van der Waals surface area contributed by atoms with Crippen molar-refractivity contribution in [3.8, 4) is 0 Å². The molecular formula is C10H12Br2N2O5S. The Kier molecular flexibility index (Phi) is 6.40. The first-order valence-corrected chi connectivity index (χ1v) is 8.32. The third-order valence-corrected chi connectivity index (χ3v) is 4.26. The molecule has 0 fully saturated rings. The monoisotopic (exact) mass is 430 g/mol. The number of aromatic carboxylic acids is 1. The van der Waals surface area contributed by atoms with Crippen molar-refractivity contribution in [1.82, 2.24) is 4.72 Å². The number of carboxylic acids is 1. The van der Waals surface area contributed by atoms with Crippen molar-refractivity contribution in [2.24, 2.45) is 0 Å². The topological polar surface area (TPSA) is 105 Å². The molecule has 0 aliphatic carbocycles. The van der Waals surface area contributed by atoms with Crippen LogP contribution in [0.15, 0.2) is 21.1 Å². The van der Waals surface area contributed by atoms with Crippen molar-refractivity contribution < 1.29 is 23.1 Å². The largest absolute Gasteiger partial charge is 0.478 e. The highest BCUT2D eigenvalue weighted by Gasteiger charge is 2.19. The molecule has 1 aromatic carbocycles. The average Bonchev–Trinajstić information content (AvgIpc) is 2.32. The maximum atomic E-state index is 11.8. The number of halogens is 2. The SMILES string of the molecule is COCCNS(=O)(=O)Nc1c(Br)cc(Br)cc1C(=O)O. The minimum absolute atomic E-state index is 0.0504. The minimum atomic E-state index is -3.89. The lowest BCUT2D eigenvalue weighted by atomic mass is 10.2. The molecule has 0 heterocycles. The maximum Gasteiger partial charge on any atom is 0.337 e. The summed E-state index contributed by atoms with van der Waals surface area (Å²) in [6.45, 7) is 0.274. The lowest BCUT2D eigenvalue weighted by Crippen LogP contribution is -2.33. The van der Waals surface area contributed by atoms with E-state index in [1.807, 2.05) is 0 Å². The summed E-state index contributed by atoms with van der Waals surface area (Å²) in [5.74, 6) is -1.25. The van der Waals surface area contributed by atoms with E-state index in [-0.39, 0.29) is 24.4 Å². The van der Waals surface area contributed by atoms with E-state index in [9.17, 15) is 13.2 Å².